The van der Waals surface area contributed by atoms with Gasteiger partial charge in [0.1, 0.15) is 0 Å². The van der Waals surface area contributed by atoms with Crippen molar-refractivity contribution in [1.82, 2.24) is 5.32 Å². The van der Waals surface area contributed by atoms with Gasteiger partial charge in [0.15, 0.2) is 0 Å². The number of benzene rings is 2. The lowest BCUT2D eigenvalue weighted by Gasteiger charge is -2.09. The summed E-state index contributed by atoms with van der Waals surface area (Å²) in [6, 6.07) is 12.9. The van der Waals surface area contributed by atoms with Gasteiger partial charge in [-0.1, -0.05) is 42.5 Å². The highest BCUT2D eigenvalue weighted by Gasteiger charge is 2.14. The van der Waals surface area contributed by atoms with Crippen LogP contribution in [0, 0.1) is 0 Å². The zero-order chi connectivity index (χ0) is 14.5. The zero-order valence-corrected chi connectivity index (χ0v) is 11.8. The fourth-order valence-corrected chi connectivity index (χ4v) is 2.06. The highest BCUT2D eigenvalue weighted by atomic mass is 32.1. The van der Waals surface area contributed by atoms with Crippen molar-refractivity contribution < 1.29 is 9.59 Å². The van der Waals surface area contributed by atoms with Crippen molar-refractivity contribution in [3.8, 4) is 0 Å². The fourth-order valence-electron chi connectivity index (χ4n) is 1.89. The van der Waals surface area contributed by atoms with Gasteiger partial charge in [-0.15, -0.1) is 0 Å². The molecule has 2 amide bonds. The van der Waals surface area contributed by atoms with E-state index in [0.717, 1.165) is 16.3 Å². The Kier molecular flexibility index (Phi) is 4.76. The van der Waals surface area contributed by atoms with Crippen molar-refractivity contribution in [3.05, 3.63) is 48.0 Å². The maximum Gasteiger partial charge on any atom is 0.244 e. The van der Waals surface area contributed by atoms with Crippen LogP contribution in [0.4, 0.5) is 0 Å². The quantitative estimate of drug-likeness (QED) is 0.742. The van der Waals surface area contributed by atoms with Crippen LogP contribution in [-0.2, 0) is 16.0 Å². The number of nitrogens with one attached hydrogen (secondary N) is 1. The summed E-state index contributed by atoms with van der Waals surface area (Å²) >= 11 is 3.92. The van der Waals surface area contributed by atoms with E-state index >= 15 is 0 Å². The first kappa shape index (κ1) is 14.6. The largest absolute Gasteiger partial charge is 0.319 e. The third-order valence-electron chi connectivity index (χ3n) is 2.97. The van der Waals surface area contributed by atoms with Gasteiger partial charge in [0.25, 0.3) is 0 Å². The van der Waals surface area contributed by atoms with Crippen molar-refractivity contribution in [2.24, 2.45) is 5.73 Å². The molecule has 0 bridgehead atoms. The maximum atomic E-state index is 11.8. The Bertz CT molecular complexity index is 643. The number of hydrogen-bond acceptors (Lipinski definition) is 4. The van der Waals surface area contributed by atoms with Crippen molar-refractivity contribution in [1.29, 1.82) is 0 Å². The van der Waals surface area contributed by atoms with Gasteiger partial charge in [-0.25, -0.2) is 0 Å². The van der Waals surface area contributed by atoms with Crippen LogP contribution in [0.5, 0.6) is 0 Å². The smallest absolute Gasteiger partial charge is 0.244 e. The van der Waals surface area contributed by atoms with Gasteiger partial charge in [-0.05, 0) is 16.3 Å². The standard InChI is InChI=1S/C15H16N2O2S/c16-13(9-20)15(19)17-14(18)8-10-5-6-11-3-1-2-4-12(11)7-10/h1-7,13,20H,8-9,16H2,(H,17,18,19). The minimum absolute atomic E-state index is 0.149. The summed E-state index contributed by atoms with van der Waals surface area (Å²) in [6.45, 7) is 0. The van der Waals surface area contributed by atoms with E-state index in [0.29, 0.717) is 0 Å². The van der Waals surface area contributed by atoms with Gasteiger partial charge < -0.3 is 5.73 Å². The second-order valence-corrected chi connectivity index (χ2v) is 4.92. The van der Waals surface area contributed by atoms with Crippen LogP contribution < -0.4 is 11.1 Å². The van der Waals surface area contributed by atoms with Crippen LogP contribution in [0.15, 0.2) is 42.5 Å². The number of nitrogens with two attached hydrogens (primary N) is 1. The minimum atomic E-state index is -0.765. The molecule has 0 heterocycles. The molecule has 5 heteroatoms. The van der Waals surface area contributed by atoms with Crippen molar-refractivity contribution in [3.63, 3.8) is 0 Å². The molecule has 2 rings (SSSR count). The lowest BCUT2D eigenvalue weighted by atomic mass is 10.0. The molecule has 1 unspecified atom stereocenters. The van der Waals surface area contributed by atoms with Crippen molar-refractivity contribution >= 4 is 35.2 Å². The summed E-state index contributed by atoms with van der Waals surface area (Å²) in [6.07, 6.45) is 0.149. The van der Waals surface area contributed by atoms with E-state index in [1.165, 1.54) is 0 Å². The predicted molar refractivity (Wildman–Crippen MR) is 82.6 cm³/mol. The van der Waals surface area contributed by atoms with E-state index in [-0.39, 0.29) is 18.1 Å². The number of rotatable bonds is 4. The summed E-state index contributed by atoms with van der Waals surface area (Å²) in [4.78, 5) is 23.2. The van der Waals surface area contributed by atoms with E-state index in [1.54, 1.807) is 0 Å². The molecule has 20 heavy (non-hydrogen) atoms. The van der Waals surface area contributed by atoms with E-state index in [4.69, 9.17) is 5.73 Å². The van der Waals surface area contributed by atoms with E-state index in [9.17, 15) is 9.59 Å². The third-order valence-corrected chi connectivity index (χ3v) is 3.37. The van der Waals surface area contributed by atoms with Crippen LogP contribution in [0.3, 0.4) is 0 Å². The SMILES string of the molecule is NC(CS)C(=O)NC(=O)Cc1ccc2ccccc2c1. The molecule has 0 saturated carbocycles. The molecule has 0 radical (unpaired) electrons. The molecule has 1 atom stereocenters. The lowest BCUT2D eigenvalue weighted by Crippen LogP contribution is -2.44. The van der Waals surface area contributed by atoms with Gasteiger partial charge in [-0.3, -0.25) is 14.9 Å². The molecule has 104 valence electrons. The summed E-state index contributed by atoms with van der Waals surface area (Å²) in [7, 11) is 0. The molecule has 0 saturated heterocycles. The van der Waals surface area contributed by atoms with Crippen LogP contribution in [0.2, 0.25) is 0 Å². The van der Waals surface area contributed by atoms with E-state index < -0.39 is 11.9 Å². The predicted octanol–water partition coefficient (Wildman–Crippen LogP) is 1.28. The van der Waals surface area contributed by atoms with E-state index in [2.05, 4.69) is 17.9 Å². The molecule has 0 aliphatic carbocycles. The first-order chi connectivity index (χ1) is 9.60. The van der Waals surface area contributed by atoms with Crippen molar-refractivity contribution in [2.75, 3.05) is 5.75 Å². The number of carbonyl (C=O) groups is 2. The molecule has 0 aromatic heterocycles. The highest BCUT2D eigenvalue weighted by molar-refractivity contribution is 7.80. The highest BCUT2D eigenvalue weighted by Crippen LogP contribution is 2.15. The van der Waals surface area contributed by atoms with Crippen LogP contribution in [0.25, 0.3) is 10.8 Å². The van der Waals surface area contributed by atoms with Gasteiger partial charge >= 0.3 is 0 Å². The van der Waals surface area contributed by atoms with Crippen LogP contribution in [0.1, 0.15) is 5.56 Å². The van der Waals surface area contributed by atoms with Gasteiger partial charge in [0.05, 0.1) is 12.5 Å². The van der Waals surface area contributed by atoms with Gasteiger partial charge in [-0.2, -0.15) is 12.6 Å². The zero-order valence-electron chi connectivity index (χ0n) is 10.9. The summed E-state index contributed by atoms with van der Waals surface area (Å²) in [5.74, 6) is -0.650. The Balaban J connectivity index is 2.04. The number of amides is 2. The fraction of sp³-hybridized carbons (Fsp3) is 0.200. The molecule has 0 aliphatic heterocycles. The Hall–Kier alpha value is -1.85. The molecule has 4 nitrogen and oxygen atoms in total. The lowest BCUT2D eigenvalue weighted by molar-refractivity contribution is -0.130. The second kappa shape index (κ2) is 6.54. The van der Waals surface area contributed by atoms with Crippen LogP contribution in [-0.4, -0.2) is 23.6 Å². The molecule has 0 aliphatic rings. The molecular formula is C15H16N2O2S. The molecule has 2 aromatic rings. The summed E-state index contributed by atoms with van der Waals surface area (Å²) in [5.41, 5.74) is 6.35. The molecule has 3 N–H and O–H groups in total. The summed E-state index contributed by atoms with van der Waals surface area (Å²) in [5, 5.41) is 4.46. The number of hydrogen-bond donors (Lipinski definition) is 3. The number of imide groups is 1. The average Bonchev–Trinajstić information content (AvgIpc) is 2.46. The molecule has 2 aromatic carbocycles. The topological polar surface area (TPSA) is 72.2 Å². The number of carbonyl (C=O) groups excluding carboxylic acids is 2. The van der Waals surface area contributed by atoms with Crippen LogP contribution >= 0.6 is 12.6 Å². The first-order valence-corrected chi connectivity index (χ1v) is 6.91. The third kappa shape index (κ3) is 3.59. The first-order valence-electron chi connectivity index (χ1n) is 6.28. The maximum absolute atomic E-state index is 11.8. The normalized spacial score (nSPS) is 12.1. The Morgan fingerprint density at radius 3 is 2.55 bits per heavy atom. The van der Waals surface area contributed by atoms with Crippen molar-refractivity contribution in [2.45, 2.75) is 12.5 Å². The minimum Gasteiger partial charge on any atom is -0.319 e. The van der Waals surface area contributed by atoms with Gasteiger partial charge in [0.2, 0.25) is 11.8 Å². The second-order valence-electron chi connectivity index (χ2n) is 4.56. The Morgan fingerprint density at radius 1 is 1.15 bits per heavy atom. The molecule has 0 spiro atoms. The molecule has 0 fully saturated rings. The Labute approximate surface area is 122 Å². The molecular weight excluding hydrogens is 272 g/mol. The average molecular weight is 288 g/mol. The monoisotopic (exact) mass is 288 g/mol. The Morgan fingerprint density at radius 2 is 1.85 bits per heavy atom. The van der Waals surface area contributed by atoms with E-state index in [1.807, 2.05) is 42.5 Å². The summed E-state index contributed by atoms with van der Waals surface area (Å²) < 4.78 is 0. The van der Waals surface area contributed by atoms with Gasteiger partial charge in [0, 0.05) is 5.75 Å². The number of fused-ring (bicyclic) bond motifs is 1. The number of thiol groups is 1.